The molecular formula is C17H20Cl2N2OS. The van der Waals surface area contributed by atoms with E-state index >= 15 is 0 Å². The van der Waals surface area contributed by atoms with E-state index in [1.54, 1.807) is 0 Å². The largest absolute Gasteiger partial charge is 0.399 e. The fourth-order valence-corrected chi connectivity index (χ4v) is 4.06. The van der Waals surface area contributed by atoms with E-state index in [1.165, 1.54) is 22.5 Å². The zero-order valence-electron chi connectivity index (χ0n) is 12.7. The number of nitrogens with two attached hydrogens (primary N) is 1. The van der Waals surface area contributed by atoms with Crippen LogP contribution in [0.25, 0.3) is 0 Å². The lowest BCUT2D eigenvalue weighted by Gasteiger charge is -2.26. The number of thiophene rings is 1. The van der Waals surface area contributed by atoms with Gasteiger partial charge < -0.3 is 11.1 Å². The van der Waals surface area contributed by atoms with Crippen molar-refractivity contribution in [2.24, 2.45) is 0 Å². The number of aryl methyl sites for hydroxylation is 2. The van der Waals surface area contributed by atoms with Gasteiger partial charge >= 0.3 is 0 Å². The van der Waals surface area contributed by atoms with Crippen molar-refractivity contribution in [3.63, 3.8) is 0 Å². The summed E-state index contributed by atoms with van der Waals surface area (Å²) in [4.78, 5) is 13.4. The molecular weight excluding hydrogens is 351 g/mol. The Balaban J connectivity index is 0.00000192. The molecule has 6 heteroatoms. The molecule has 1 aliphatic rings. The third-order valence-corrected chi connectivity index (χ3v) is 5.33. The molecule has 0 aliphatic heterocycles. The average molecular weight is 371 g/mol. The molecule has 0 bridgehead atoms. The molecule has 1 aliphatic carbocycles. The number of halogens is 2. The van der Waals surface area contributed by atoms with Crippen LogP contribution in [0.4, 0.5) is 5.69 Å². The van der Waals surface area contributed by atoms with Gasteiger partial charge in [0, 0.05) is 17.0 Å². The molecule has 2 aromatic rings. The van der Waals surface area contributed by atoms with Gasteiger partial charge in [-0.05, 0) is 61.1 Å². The maximum Gasteiger partial charge on any atom is 0.220 e. The minimum absolute atomic E-state index is 0. The highest BCUT2D eigenvalue weighted by Crippen LogP contribution is 2.31. The number of benzene rings is 1. The molecule has 3 rings (SSSR count). The molecule has 3 N–H and O–H groups in total. The Labute approximate surface area is 151 Å². The molecule has 0 radical (unpaired) electrons. The smallest absolute Gasteiger partial charge is 0.220 e. The zero-order valence-corrected chi connectivity index (χ0v) is 15.1. The van der Waals surface area contributed by atoms with E-state index in [0.29, 0.717) is 6.42 Å². The molecule has 1 unspecified atom stereocenters. The number of hydrogen-bond donors (Lipinski definition) is 2. The van der Waals surface area contributed by atoms with Gasteiger partial charge in [-0.3, -0.25) is 4.79 Å². The molecule has 0 spiro atoms. The second-order valence-electron chi connectivity index (χ2n) is 5.68. The van der Waals surface area contributed by atoms with E-state index in [2.05, 4.69) is 5.32 Å². The summed E-state index contributed by atoms with van der Waals surface area (Å²) in [5, 5.41) is 3.16. The summed E-state index contributed by atoms with van der Waals surface area (Å²) in [6.45, 7) is 0. The molecule has 1 amide bonds. The van der Waals surface area contributed by atoms with Crippen molar-refractivity contribution in [2.75, 3.05) is 5.73 Å². The monoisotopic (exact) mass is 370 g/mol. The fourth-order valence-electron chi connectivity index (χ4n) is 2.97. The topological polar surface area (TPSA) is 55.1 Å². The molecule has 0 fully saturated rings. The predicted molar refractivity (Wildman–Crippen MR) is 99.6 cm³/mol. The number of hydrogen-bond acceptors (Lipinski definition) is 3. The van der Waals surface area contributed by atoms with E-state index < -0.39 is 0 Å². The molecule has 1 aromatic heterocycles. The van der Waals surface area contributed by atoms with E-state index in [1.807, 2.05) is 30.3 Å². The Morgan fingerprint density at radius 3 is 2.91 bits per heavy atom. The Morgan fingerprint density at radius 1 is 1.35 bits per heavy atom. The van der Waals surface area contributed by atoms with Crippen molar-refractivity contribution < 1.29 is 4.79 Å². The third kappa shape index (κ3) is 4.63. The number of anilines is 1. The summed E-state index contributed by atoms with van der Waals surface area (Å²) in [5.41, 5.74) is 9.12. The highest BCUT2D eigenvalue weighted by Gasteiger charge is 2.21. The van der Waals surface area contributed by atoms with Gasteiger partial charge in [0.05, 0.1) is 10.4 Å². The van der Waals surface area contributed by atoms with Gasteiger partial charge in [0.1, 0.15) is 0 Å². The van der Waals surface area contributed by atoms with Gasteiger partial charge in [0.2, 0.25) is 5.91 Å². The first-order chi connectivity index (χ1) is 10.6. The average Bonchev–Trinajstić information content (AvgIpc) is 2.91. The van der Waals surface area contributed by atoms with Gasteiger partial charge in [-0.25, -0.2) is 0 Å². The lowest BCUT2D eigenvalue weighted by atomic mass is 9.87. The van der Waals surface area contributed by atoms with Crippen molar-refractivity contribution in [1.29, 1.82) is 0 Å². The summed E-state index contributed by atoms with van der Waals surface area (Å²) < 4.78 is 0.772. The number of fused-ring (bicyclic) bond motifs is 1. The fraction of sp³-hybridized carbons (Fsp3) is 0.353. The first-order valence-corrected chi connectivity index (χ1v) is 8.73. The van der Waals surface area contributed by atoms with Crippen LogP contribution in [0.5, 0.6) is 0 Å². The lowest BCUT2D eigenvalue weighted by Crippen LogP contribution is -2.31. The molecule has 0 saturated carbocycles. The summed E-state index contributed by atoms with van der Waals surface area (Å²) >= 11 is 7.45. The molecule has 23 heavy (non-hydrogen) atoms. The van der Waals surface area contributed by atoms with Crippen molar-refractivity contribution in [3.8, 4) is 0 Å². The second-order valence-corrected chi connectivity index (χ2v) is 7.48. The molecule has 1 aromatic carbocycles. The Hall–Kier alpha value is -1.23. The minimum Gasteiger partial charge on any atom is -0.399 e. The van der Waals surface area contributed by atoms with E-state index in [-0.39, 0.29) is 24.4 Å². The van der Waals surface area contributed by atoms with Crippen LogP contribution in [0.1, 0.15) is 41.3 Å². The number of carbonyl (C=O) groups excluding carboxylic acids is 1. The number of carbonyl (C=O) groups is 1. The SMILES string of the molecule is Cl.Nc1ccc2c(c1)CCCC2NC(=O)CCc1ccc(Cl)s1. The lowest BCUT2D eigenvalue weighted by molar-refractivity contribution is -0.121. The summed E-state index contributed by atoms with van der Waals surface area (Å²) in [5.74, 6) is 0.0965. The van der Waals surface area contributed by atoms with E-state index in [0.717, 1.165) is 40.6 Å². The highest BCUT2D eigenvalue weighted by atomic mass is 35.5. The van der Waals surface area contributed by atoms with Crippen molar-refractivity contribution >= 4 is 46.9 Å². The highest BCUT2D eigenvalue weighted by molar-refractivity contribution is 7.16. The van der Waals surface area contributed by atoms with Gasteiger partial charge in [0.25, 0.3) is 0 Å². The predicted octanol–water partition coefficient (Wildman–Crippen LogP) is 4.53. The Kier molecular flexibility index (Phi) is 6.33. The number of nitrogen functional groups attached to an aromatic ring is 1. The Bertz CT molecular complexity index is 687. The molecule has 1 heterocycles. The van der Waals surface area contributed by atoms with Gasteiger partial charge in [-0.15, -0.1) is 23.7 Å². The molecule has 1 atom stereocenters. The normalized spacial score (nSPS) is 16.3. The molecule has 124 valence electrons. The maximum absolute atomic E-state index is 12.2. The van der Waals surface area contributed by atoms with Gasteiger partial charge in [-0.2, -0.15) is 0 Å². The van der Waals surface area contributed by atoms with Crippen LogP contribution in [0.2, 0.25) is 4.34 Å². The number of rotatable bonds is 4. The van der Waals surface area contributed by atoms with Crippen LogP contribution in [0.15, 0.2) is 30.3 Å². The standard InChI is InChI=1S/C17H19ClN2OS.ClH/c18-16-8-5-13(22-16)6-9-17(21)20-15-3-1-2-11-10-12(19)4-7-14(11)15;/h4-5,7-8,10,15H,1-3,6,9,19H2,(H,20,21);1H. The van der Waals surface area contributed by atoms with Crippen LogP contribution in [-0.4, -0.2) is 5.91 Å². The van der Waals surface area contributed by atoms with Crippen LogP contribution in [0.3, 0.4) is 0 Å². The van der Waals surface area contributed by atoms with Crippen LogP contribution in [0, 0.1) is 0 Å². The first-order valence-electron chi connectivity index (χ1n) is 7.54. The number of amides is 1. The summed E-state index contributed by atoms with van der Waals surface area (Å²) in [6, 6.07) is 9.97. The number of nitrogens with one attached hydrogen (secondary N) is 1. The van der Waals surface area contributed by atoms with Crippen molar-refractivity contribution in [1.82, 2.24) is 5.32 Å². The van der Waals surface area contributed by atoms with E-state index in [9.17, 15) is 4.79 Å². The maximum atomic E-state index is 12.2. The van der Waals surface area contributed by atoms with Gasteiger partial charge in [-0.1, -0.05) is 17.7 Å². The first kappa shape index (κ1) is 18.1. The van der Waals surface area contributed by atoms with Crippen molar-refractivity contribution in [3.05, 3.63) is 50.7 Å². The van der Waals surface area contributed by atoms with E-state index in [4.69, 9.17) is 17.3 Å². The van der Waals surface area contributed by atoms with Crippen LogP contribution < -0.4 is 11.1 Å². The molecule has 0 saturated heterocycles. The van der Waals surface area contributed by atoms with Crippen LogP contribution in [-0.2, 0) is 17.6 Å². The summed E-state index contributed by atoms with van der Waals surface area (Å²) in [7, 11) is 0. The van der Waals surface area contributed by atoms with Crippen molar-refractivity contribution in [2.45, 2.75) is 38.1 Å². The third-order valence-electron chi connectivity index (χ3n) is 4.04. The quantitative estimate of drug-likeness (QED) is 0.776. The van der Waals surface area contributed by atoms with Crippen LogP contribution >= 0.6 is 35.3 Å². The molecule has 3 nitrogen and oxygen atoms in total. The second kappa shape index (κ2) is 8.04. The van der Waals surface area contributed by atoms with Gasteiger partial charge in [0.15, 0.2) is 0 Å². The zero-order chi connectivity index (χ0) is 15.5. The minimum atomic E-state index is 0. The Morgan fingerprint density at radius 2 is 2.17 bits per heavy atom. The summed E-state index contributed by atoms with van der Waals surface area (Å²) in [6.07, 6.45) is 4.36.